The van der Waals surface area contributed by atoms with E-state index in [0.29, 0.717) is 19.4 Å². The number of aromatic amines is 1. The molecule has 0 saturated carbocycles. The molecule has 0 saturated heterocycles. The summed E-state index contributed by atoms with van der Waals surface area (Å²) in [6.45, 7) is 0.680. The Bertz CT molecular complexity index is 990. The van der Waals surface area contributed by atoms with Crippen LogP contribution in [0.5, 0.6) is 0 Å². The molecule has 0 aliphatic carbocycles. The molecule has 2 aromatic heterocycles. The summed E-state index contributed by atoms with van der Waals surface area (Å²) in [5.41, 5.74) is 5.29. The highest BCUT2D eigenvalue weighted by molar-refractivity contribution is 7.76. The van der Waals surface area contributed by atoms with Gasteiger partial charge in [0.1, 0.15) is 0 Å². The molecule has 30 heavy (non-hydrogen) atoms. The van der Waals surface area contributed by atoms with Crippen LogP contribution in [-0.4, -0.2) is 40.7 Å². The fraction of sp³-hybridized carbons (Fsp3) is 0.333. The molecular formula is C21H25N4O4S-. The van der Waals surface area contributed by atoms with Crippen molar-refractivity contribution in [3.8, 4) is 11.3 Å². The first-order valence-corrected chi connectivity index (χ1v) is 10.9. The van der Waals surface area contributed by atoms with E-state index < -0.39 is 17.2 Å². The first-order valence-electron chi connectivity index (χ1n) is 9.86. The molecule has 1 unspecified atom stereocenters. The van der Waals surface area contributed by atoms with E-state index in [-0.39, 0.29) is 13.0 Å². The van der Waals surface area contributed by atoms with Gasteiger partial charge in [0, 0.05) is 54.3 Å². The Morgan fingerprint density at radius 1 is 1.17 bits per heavy atom. The Balaban J connectivity index is 1.51. The van der Waals surface area contributed by atoms with Crippen molar-refractivity contribution in [2.24, 2.45) is 0 Å². The molecule has 9 heteroatoms. The van der Waals surface area contributed by atoms with E-state index in [2.05, 4.69) is 9.97 Å². The number of hydrogen-bond donors (Lipinski definition) is 3. The molecule has 0 spiro atoms. The molecule has 3 aromatic rings. The third-order valence-corrected chi connectivity index (χ3v) is 5.66. The highest BCUT2D eigenvalue weighted by Crippen LogP contribution is 2.22. The SMILES string of the molecule is O=C(CCCCCCN(Cc1ccc(-c2ccc3cc[nH]c3c2)nc1)S(=O)[O-])NO. The van der Waals surface area contributed by atoms with E-state index in [4.69, 9.17) is 5.21 Å². The van der Waals surface area contributed by atoms with Crippen molar-refractivity contribution in [3.05, 3.63) is 54.4 Å². The molecule has 3 N–H and O–H groups in total. The first kappa shape index (κ1) is 22.1. The highest BCUT2D eigenvalue weighted by atomic mass is 32.2. The molecule has 0 bridgehead atoms. The number of pyridine rings is 1. The quantitative estimate of drug-likeness (QED) is 0.187. The lowest BCUT2D eigenvalue weighted by Crippen LogP contribution is -2.26. The van der Waals surface area contributed by atoms with Crippen LogP contribution in [0.3, 0.4) is 0 Å². The van der Waals surface area contributed by atoms with Crippen molar-refractivity contribution in [1.29, 1.82) is 0 Å². The van der Waals surface area contributed by atoms with Crippen LogP contribution >= 0.6 is 0 Å². The van der Waals surface area contributed by atoms with Gasteiger partial charge in [-0.2, -0.15) is 0 Å². The van der Waals surface area contributed by atoms with Gasteiger partial charge in [-0.25, -0.2) is 9.79 Å². The number of H-pyrrole nitrogens is 1. The van der Waals surface area contributed by atoms with Gasteiger partial charge in [-0.15, -0.1) is 0 Å². The molecule has 0 radical (unpaired) electrons. The van der Waals surface area contributed by atoms with Crippen LogP contribution in [0.1, 0.15) is 37.7 Å². The number of nitrogens with zero attached hydrogens (tertiary/aromatic N) is 2. The van der Waals surface area contributed by atoms with Gasteiger partial charge in [-0.3, -0.25) is 19.2 Å². The number of amides is 1. The van der Waals surface area contributed by atoms with E-state index >= 15 is 0 Å². The van der Waals surface area contributed by atoms with E-state index in [1.807, 2.05) is 42.6 Å². The number of fused-ring (bicyclic) bond motifs is 1. The summed E-state index contributed by atoms with van der Waals surface area (Å²) in [5.74, 6) is -0.402. The van der Waals surface area contributed by atoms with Crippen molar-refractivity contribution in [2.45, 2.75) is 38.6 Å². The van der Waals surface area contributed by atoms with Crippen molar-refractivity contribution in [1.82, 2.24) is 19.8 Å². The lowest BCUT2D eigenvalue weighted by molar-refractivity contribution is -0.129. The smallest absolute Gasteiger partial charge is 0.243 e. The molecule has 0 aliphatic heterocycles. The second-order valence-electron chi connectivity index (χ2n) is 7.11. The maximum Gasteiger partial charge on any atom is 0.243 e. The molecule has 0 fully saturated rings. The third kappa shape index (κ3) is 6.20. The maximum absolute atomic E-state index is 11.6. The monoisotopic (exact) mass is 429 g/mol. The number of nitrogens with one attached hydrogen (secondary N) is 2. The Labute approximate surface area is 177 Å². The standard InChI is InChI=1S/C21H26N4O4S/c26-21(24-27)5-3-1-2-4-12-25(30(28)29)15-16-6-9-19(23-14-16)18-8-7-17-10-11-22-20(17)13-18/h6-11,13-14,22,27H,1-5,12,15H2,(H,24,26)(H,28,29)/p-1. The average molecular weight is 430 g/mol. The molecule has 0 aliphatic rings. The first-order chi connectivity index (χ1) is 14.6. The van der Waals surface area contributed by atoms with Gasteiger partial charge < -0.3 is 9.54 Å². The summed E-state index contributed by atoms with van der Waals surface area (Å²) in [4.78, 5) is 18.6. The number of carbonyl (C=O) groups excluding carboxylic acids is 1. The molecule has 1 atom stereocenters. The molecule has 2 heterocycles. The molecule has 3 rings (SSSR count). The zero-order valence-corrected chi connectivity index (χ0v) is 17.4. The third-order valence-electron chi connectivity index (χ3n) is 4.93. The minimum atomic E-state index is -2.32. The summed E-state index contributed by atoms with van der Waals surface area (Å²) in [7, 11) is 0. The summed E-state index contributed by atoms with van der Waals surface area (Å²) >= 11 is -2.32. The molecule has 1 amide bonds. The average Bonchev–Trinajstić information content (AvgIpc) is 3.23. The van der Waals surface area contributed by atoms with Crippen LogP contribution in [-0.2, 0) is 22.6 Å². The van der Waals surface area contributed by atoms with Crippen molar-refractivity contribution in [2.75, 3.05) is 6.54 Å². The number of unbranched alkanes of at least 4 members (excludes halogenated alkanes) is 3. The fourth-order valence-electron chi connectivity index (χ4n) is 3.29. The minimum Gasteiger partial charge on any atom is -0.760 e. The summed E-state index contributed by atoms with van der Waals surface area (Å²) in [6, 6.07) is 11.9. The van der Waals surface area contributed by atoms with Crippen LogP contribution in [0, 0.1) is 0 Å². The summed E-state index contributed by atoms with van der Waals surface area (Å²) in [5, 5.41) is 9.58. The highest BCUT2D eigenvalue weighted by Gasteiger charge is 2.08. The van der Waals surface area contributed by atoms with Crippen LogP contribution in [0.25, 0.3) is 22.2 Å². The van der Waals surface area contributed by atoms with Gasteiger partial charge in [-0.05, 0) is 42.0 Å². The zero-order chi connectivity index (χ0) is 21.3. The second kappa shape index (κ2) is 11.0. The van der Waals surface area contributed by atoms with Crippen LogP contribution in [0.15, 0.2) is 48.8 Å². The Morgan fingerprint density at radius 2 is 2.00 bits per heavy atom. The second-order valence-corrected chi connectivity index (χ2v) is 8.06. The van der Waals surface area contributed by atoms with E-state index in [0.717, 1.165) is 40.6 Å². The predicted octanol–water partition coefficient (Wildman–Crippen LogP) is 3.28. The van der Waals surface area contributed by atoms with Crippen molar-refractivity contribution in [3.63, 3.8) is 0 Å². The Morgan fingerprint density at radius 3 is 2.73 bits per heavy atom. The largest absolute Gasteiger partial charge is 0.760 e. The predicted molar refractivity (Wildman–Crippen MR) is 114 cm³/mol. The lowest BCUT2D eigenvalue weighted by Gasteiger charge is -2.24. The van der Waals surface area contributed by atoms with Crippen LogP contribution in [0.2, 0.25) is 0 Å². The van der Waals surface area contributed by atoms with Gasteiger partial charge in [0.25, 0.3) is 0 Å². The Kier molecular flexibility index (Phi) is 8.09. The number of aromatic nitrogens is 2. The van der Waals surface area contributed by atoms with Gasteiger partial charge in [0.2, 0.25) is 5.91 Å². The van der Waals surface area contributed by atoms with Gasteiger partial charge in [-0.1, -0.05) is 31.0 Å². The maximum atomic E-state index is 11.6. The number of hydroxylamine groups is 1. The van der Waals surface area contributed by atoms with E-state index in [1.54, 1.807) is 11.7 Å². The van der Waals surface area contributed by atoms with Crippen LogP contribution < -0.4 is 5.48 Å². The lowest BCUT2D eigenvalue weighted by atomic mass is 10.1. The number of carbonyl (C=O) groups is 1. The zero-order valence-electron chi connectivity index (χ0n) is 16.5. The summed E-state index contributed by atoms with van der Waals surface area (Å²) in [6.07, 6.45) is 6.85. The number of hydrogen-bond acceptors (Lipinski definition) is 5. The fourth-order valence-corrected chi connectivity index (χ4v) is 3.82. The van der Waals surface area contributed by atoms with Gasteiger partial charge >= 0.3 is 0 Å². The minimum absolute atomic E-state index is 0.266. The van der Waals surface area contributed by atoms with Gasteiger partial charge in [0.15, 0.2) is 0 Å². The molecular weight excluding hydrogens is 404 g/mol. The van der Waals surface area contributed by atoms with E-state index in [1.165, 1.54) is 4.31 Å². The Hall–Kier alpha value is -2.59. The molecule has 1 aromatic carbocycles. The van der Waals surface area contributed by atoms with Gasteiger partial charge in [0.05, 0.1) is 5.69 Å². The molecule has 160 valence electrons. The van der Waals surface area contributed by atoms with Crippen LogP contribution in [0.4, 0.5) is 0 Å². The van der Waals surface area contributed by atoms with Crippen molar-refractivity contribution < 1.29 is 18.8 Å². The van der Waals surface area contributed by atoms with Crippen molar-refractivity contribution >= 4 is 28.1 Å². The van der Waals surface area contributed by atoms with E-state index in [9.17, 15) is 13.6 Å². The summed E-state index contributed by atoms with van der Waals surface area (Å²) < 4.78 is 24.5. The topological polar surface area (TPSA) is 121 Å². The molecule has 8 nitrogen and oxygen atoms in total. The normalized spacial score (nSPS) is 12.4. The number of benzene rings is 1. The number of rotatable bonds is 11.